The van der Waals surface area contributed by atoms with E-state index in [2.05, 4.69) is 24.0 Å². The summed E-state index contributed by atoms with van der Waals surface area (Å²) >= 11 is 0. The second-order valence-corrected chi connectivity index (χ2v) is 4.43. The van der Waals surface area contributed by atoms with Crippen LogP contribution in [-0.4, -0.2) is 49.2 Å². The van der Waals surface area contributed by atoms with Crippen molar-refractivity contribution in [2.45, 2.75) is 13.3 Å². The first-order valence-electron chi connectivity index (χ1n) is 6.33. The average Bonchev–Trinajstić information content (AvgIpc) is 2.36. The van der Waals surface area contributed by atoms with Crippen molar-refractivity contribution in [2.24, 2.45) is 0 Å². The quantitative estimate of drug-likeness (QED) is 0.765. The summed E-state index contributed by atoms with van der Waals surface area (Å²) in [4.78, 5) is 14.9. The molecule has 18 heavy (non-hydrogen) atoms. The van der Waals surface area contributed by atoms with E-state index in [1.165, 1.54) is 0 Å². The predicted octanol–water partition coefficient (Wildman–Crippen LogP) is 1.92. The fourth-order valence-corrected chi connectivity index (χ4v) is 1.88. The lowest BCUT2D eigenvalue weighted by Gasteiger charge is -2.25. The van der Waals surface area contributed by atoms with Gasteiger partial charge in [-0.15, -0.1) is 0 Å². The van der Waals surface area contributed by atoms with Crippen LogP contribution in [0.4, 0.5) is 5.69 Å². The second kappa shape index (κ2) is 7.71. The van der Waals surface area contributed by atoms with Crippen molar-refractivity contribution in [3.63, 3.8) is 0 Å². The minimum Gasteiger partial charge on any atom is -0.480 e. The number of carboxylic acids is 1. The number of anilines is 1. The number of para-hydroxylation sites is 1. The van der Waals surface area contributed by atoms with Crippen molar-refractivity contribution < 1.29 is 9.90 Å². The summed E-state index contributed by atoms with van der Waals surface area (Å²) < 4.78 is 0. The van der Waals surface area contributed by atoms with Gasteiger partial charge in [-0.05, 0) is 25.1 Å². The summed E-state index contributed by atoms with van der Waals surface area (Å²) in [5.74, 6) is -0.759. The highest BCUT2D eigenvalue weighted by Gasteiger charge is 2.09. The number of nitrogens with zero attached hydrogens (tertiary/aromatic N) is 2. The zero-order valence-electron chi connectivity index (χ0n) is 11.2. The molecule has 0 radical (unpaired) electrons. The maximum absolute atomic E-state index is 10.7. The topological polar surface area (TPSA) is 43.8 Å². The molecule has 1 N–H and O–H groups in total. The van der Waals surface area contributed by atoms with Crippen LogP contribution in [0.3, 0.4) is 0 Å². The van der Waals surface area contributed by atoms with Crippen molar-refractivity contribution in [3.8, 4) is 0 Å². The van der Waals surface area contributed by atoms with Crippen molar-refractivity contribution in [1.82, 2.24) is 4.90 Å². The molecule has 0 aromatic heterocycles. The van der Waals surface area contributed by atoms with Gasteiger partial charge in [-0.3, -0.25) is 9.69 Å². The Labute approximate surface area is 109 Å². The number of hydrogen-bond acceptors (Lipinski definition) is 3. The third kappa shape index (κ3) is 5.19. The lowest BCUT2D eigenvalue weighted by atomic mass is 10.3. The summed E-state index contributed by atoms with van der Waals surface area (Å²) in [5, 5.41) is 8.84. The van der Waals surface area contributed by atoms with Crippen molar-refractivity contribution in [3.05, 3.63) is 30.3 Å². The molecule has 0 aliphatic carbocycles. The van der Waals surface area contributed by atoms with Gasteiger partial charge in [0.25, 0.3) is 0 Å². The van der Waals surface area contributed by atoms with Crippen molar-refractivity contribution in [1.29, 1.82) is 0 Å². The second-order valence-electron chi connectivity index (χ2n) is 4.43. The molecule has 0 spiro atoms. The van der Waals surface area contributed by atoms with Crippen LogP contribution >= 0.6 is 0 Å². The highest BCUT2D eigenvalue weighted by molar-refractivity contribution is 5.69. The minimum atomic E-state index is -0.759. The van der Waals surface area contributed by atoms with Crippen LogP contribution in [0.15, 0.2) is 30.3 Å². The van der Waals surface area contributed by atoms with E-state index in [4.69, 9.17) is 5.11 Å². The summed E-state index contributed by atoms with van der Waals surface area (Å²) in [7, 11) is 2.03. The molecule has 0 fully saturated rings. The predicted molar refractivity (Wildman–Crippen MR) is 74.1 cm³/mol. The summed E-state index contributed by atoms with van der Waals surface area (Å²) in [5.41, 5.74) is 1.16. The van der Waals surface area contributed by atoms with E-state index in [9.17, 15) is 4.79 Å². The normalized spacial score (nSPS) is 10.6. The smallest absolute Gasteiger partial charge is 0.317 e. The number of rotatable bonds is 8. The SMILES string of the molecule is CCCN(CCN(C)c1ccccc1)CC(=O)O. The number of carboxylic acid groups (broad SMARTS) is 1. The lowest BCUT2D eigenvalue weighted by molar-refractivity contribution is -0.138. The molecule has 0 atom stereocenters. The molecule has 100 valence electrons. The molecule has 1 aromatic rings. The zero-order chi connectivity index (χ0) is 13.4. The van der Waals surface area contributed by atoms with E-state index in [1.54, 1.807) is 0 Å². The highest BCUT2D eigenvalue weighted by atomic mass is 16.4. The number of carbonyl (C=O) groups is 1. The average molecular weight is 250 g/mol. The maximum Gasteiger partial charge on any atom is 0.317 e. The van der Waals surface area contributed by atoms with Gasteiger partial charge in [0, 0.05) is 25.8 Å². The molecular formula is C14H22N2O2. The Kier molecular flexibility index (Phi) is 6.22. The van der Waals surface area contributed by atoms with Gasteiger partial charge in [0.1, 0.15) is 0 Å². The number of hydrogen-bond donors (Lipinski definition) is 1. The molecule has 4 nitrogen and oxygen atoms in total. The molecule has 4 heteroatoms. The summed E-state index contributed by atoms with van der Waals surface area (Å²) in [6.45, 7) is 4.62. The molecule has 0 bridgehead atoms. The van der Waals surface area contributed by atoms with Crippen LogP contribution in [0.2, 0.25) is 0 Å². The molecule has 1 aromatic carbocycles. The third-order valence-electron chi connectivity index (χ3n) is 2.85. The van der Waals surface area contributed by atoms with Crippen LogP contribution in [0.5, 0.6) is 0 Å². The summed E-state index contributed by atoms with van der Waals surface area (Å²) in [6, 6.07) is 10.1. The van der Waals surface area contributed by atoms with Crippen molar-refractivity contribution >= 4 is 11.7 Å². The van der Waals surface area contributed by atoms with Crippen molar-refractivity contribution in [2.75, 3.05) is 38.1 Å². The maximum atomic E-state index is 10.7. The lowest BCUT2D eigenvalue weighted by Crippen LogP contribution is -2.37. The fraction of sp³-hybridized carbons (Fsp3) is 0.500. The van der Waals surface area contributed by atoms with Gasteiger partial charge < -0.3 is 10.0 Å². The molecule has 1 rings (SSSR count). The van der Waals surface area contributed by atoms with Crippen LogP contribution in [-0.2, 0) is 4.79 Å². The first-order valence-corrected chi connectivity index (χ1v) is 6.33. The van der Waals surface area contributed by atoms with E-state index in [1.807, 2.05) is 30.1 Å². The number of likely N-dealkylation sites (N-methyl/N-ethyl adjacent to an activating group) is 1. The zero-order valence-corrected chi connectivity index (χ0v) is 11.2. The highest BCUT2D eigenvalue weighted by Crippen LogP contribution is 2.10. The third-order valence-corrected chi connectivity index (χ3v) is 2.85. The number of aliphatic carboxylic acids is 1. The van der Waals surface area contributed by atoms with Gasteiger partial charge in [0.05, 0.1) is 6.54 Å². The standard InChI is InChI=1S/C14H22N2O2/c1-3-9-16(12-14(17)18)11-10-15(2)13-7-5-4-6-8-13/h4-8H,3,9-12H2,1-2H3,(H,17,18). The first-order chi connectivity index (χ1) is 8.63. The first kappa shape index (κ1) is 14.5. The Morgan fingerprint density at radius 3 is 2.39 bits per heavy atom. The van der Waals surface area contributed by atoms with Gasteiger partial charge in [-0.25, -0.2) is 0 Å². The summed E-state index contributed by atoms with van der Waals surface area (Å²) in [6.07, 6.45) is 0.975. The van der Waals surface area contributed by atoms with E-state index in [-0.39, 0.29) is 6.54 Å². The van der Waals surface area contributed by atoms with Crippen LogP contribution < -0.4 is 4.90 Å². The van der Waals surface area contributed by atoms with E-state index < -0.39 is 5.97 Å². The van der Waals surface area contributed by atoms with Gasteiger partial charge in [0.15, 0.2) is 0 Å². The molecular weight excluding hydrogens is 228 g/mol. The molecule has 0 saturated heterocycles. The largest absolute Gasteiger partial charge is 0.480 e. The molecule has 0 saturated carbocycles. The number of benzene rings is 1. The van der Waals surface area contributed by atoms with E-state index >= 15 is 0 Å². The molecule has 0 aliphatic heterocycles. The Morgan fingerprint density at radius 1 is 1.17 bits per heavy atom. The molecule has 0 unspecified atom stereocenters. The molecule has 0 amide bonds. The Balaban J connectivity index is 2.44. The minimum absolute atomic E-state index is 0.121. The van der Waals surface area contributed by atoms with Gasteiger partial charge >= 0.3 is 5.97 Å². The Bertz CT molecular complexity index is 354. The van der Waals surface area contributed by atoms with Crippen LogP contribution in [0.1, 0.15) is 13.3 Å². The monoisotopic (exact) mass is 250 g/mol. The Morgan fingerprint density at radius 2 is 1.83 bits per heavy atom. The van der Waals surface area contributed by atoms with Gasteiger partial charge in [0.2, 0.25) is 0 Å². The fourth-order valence-electron chi connectivity index (χ4n) is 1.88. The Hall–Kier alpha value is -1.55. The molecule has 0 aliphatic rings. The van der Waals surface area contributed by atoms with Crippen LogP contribution in [0.25, 0.3) is 0 Å². The van der Waals surface area contributed by atoms with E-state index in [0.717, 1.165) is 31.7 Å². The van der Waals surface area contributed by atoms with Crippen LogP contribution in [0, 0.1) is 0 Å². The molecule has 0 heterocycles. The van der Waals surface area contributed by atoms with Gasteiger partial charge in [-0.1, -0.05) is 25.1 Å². The van der Waals surface area contributed by atoms with Gasteiger partial charge in [-0.2, -0.15) is 0 Å². The van der Waals surface area contributed by atoms with E-state index in [0.29, 0.717) is 0 Å².